The van der Waals surface area contributed by atoms with Gasteiger partial charge in [0.05, 0.1) is 12.0 Å². The first-order chi connectivity index (χ1) is 7.39. The molecule has 0 atom stereocenters. The molecule has 2 nitrogen and oxygen atoms in total. The van der Waals surface area contributed by atoms with E-state index < -0.39 is 5.41 Å². The molecule has 0 N–H and O–H groups in total. The second kappa shape index (κ2) is 5.15. The number of benzene rings is 1. The minimum absolute atomic E-state index is 0.139. The van der Waals surface area contributed by atoms with E-state index in [1.807, 2.05) is 20.8 Å². The van der Waals surface area contributed by atoms with E-state index in [2.05, 4.69) is 31.2 Å². The number of esters is 1. The Kier molecular flexibility index (Phi) is 4.11. The van der Waals surface area contributed by atoms with Crippen LogP contribution in [0.25, 0.3) is 0 Å². The third-order valence-corrected chi connectivity index (χ3v) is 2.36. The van der Waals surface area contributed by atoms with Crippen LogP contribution in [0.1, 0.15) is 31.9 Å². The van der Waals surface area contributed by atoms with Crippen LogP contribution in [0, 0.1) is 12.3 Å². The van der Waals surface area contributed by atoms with Gasteiger partial charge in [-0.1, -0.05) is 29.8 Å². The van der Waals surface area contributed by atoms with Crippen LogP contribution in [0.5, 0.6) is 0 Å². The Labute approximate surface area is 97.6 Å². The van der Waals surface area contributed by atoms with Crippen molar-refractivity contribution in [3.63, 3.8) is 0 Å². The van der Waals surface area contributed by atoms with E-state index in [0.29, 0.717) is 6.61 Å². The highest BCUT2D eigenvalue weighted by atomic mass is 16.5. The molecule has 1 aromatic carbocycles. The van der Waals surface area contributed by atoms with Gasteiger partial charge in [0.25, 0.3) is 0 Å². The van der Waals surface area contributed by atoms with Crippen LogP contribution in [-0.2, 0) is 16.0 Å². The minimum atomic E-state index is -0.409. The van der Waals surface area contributed by atoms with Crippen molar-refractivity contribution in [1.29, 1.82) is 0 Å². The first-order valence-corrected chi connectivity index (χ1v) is 5.62. The Hall–Kier alpha value is -1.31. The Morgan fingerprint density at radius 2 is 1.75 bits per heavy atom. The molecule has 88 valence electrons. The second-order valence-electron chi connectivity index (χ2n) is 5.12. The van der Waals surface area contributed by atoms with Crippen molar-refractivity contribution < 1.29 is 9.53 Å². The molecule has 0 amide bonds. The summed E-state index contributed by atoms with van der Waals surface area (Å²) in [6, 6.07) is 8.28. The van der Waals surface area contributed by atoms with Gasteiger partial charge in [0.2, 0.25) is 0 Å². The molecule has 0 spiro atoms. The van der Waals surface area contributed by atoms with Crippen LogP contribution >= 0.6 is 0 Å². The normalized spacial score (nSPS) is 11.2. The van der Waals surface area contributed by atoms with Gasteiger partial charge in [-0.05, 0) is 33.3 Å². The molecule has 0 aromatic heterocycles. The van der Waals surface area contributed by atoms with Crippen LogP contribution < -0.4 is 0 Å². The number of aryl methyl sites for hydroxylation is 1. The Morgan fingerprint density at radius 1 is 1.19 bits per heavy atom. The van der Waals surface area contributed by atoms with E-state index >= 15 is 0 Å². The quantitative estimate of drug-likeness (QED) is 0.731. The van der Waals surface area contributed by atoms with E-state index in [1.54, 1.807) is 0 Å². The highest BCUT2D eigenvalue weighted by Gasteiger charge is 2.22. The van der Waals surface area contributed by atoms with Crippen LogP contribution in [0.2, 0.25) is 0 Å². The average Bonchev–Trinajstić information content (AvgIpc) is 2.19. The molecule has 0 aliphatic heterocycles. The summed E-state index contributed by atoms with van der Waals surface area (Å²) in [5.41, 5.74) is 2.04. The molecule has 0 heterocycles. The summed E-state index contributed by atoms with van der Waals surface area (Å²) in [4.78, 5) is 11.5. The highest BCUT2D eigenvalue weighted by molar-refractivity contribution is 5.75. The number of hydrogen-bond donors (Lipinski definition) is 0. The summed E-state index contributed by atoms with van der Waals surface area (Å²) in [5.74, 6) is -0.139. The van der Waals surface area contributed by atoms with Crippen molar-refractivity contribution in [2.45, 2.75) is 34.1 Å². The van der Waals surface area contributed by atoms with Crippen molar-refractivity contribution in [3.8, 4) is 0 Å². The fraction of sp³-hybridized carbons (Fsp3) is 0.500. The van der Waals surface area contributed by atoms with E-state index in [4.69, 9.17) is 4.74 Å². The average molecular weight is 220 g/mol. The van der Waals surface area contributed by atoms with E-state index in [0.717, 1.165) is 6.42 Å². The number of carbonyl (C=O) groups excluding carboxylic acids is 1. The summed E-state index contributed by atoms with van der Waals surface area (Å²) >= 11 is 0. The van der Waals surface area contributed by atoms with E-state index in [1.165, 1.54) is 11.1 Å². The topological polar surface area (TPSA) is 26.3 Å². The van der Waals surface area contributed by atoms with Gasteiger partial charge in [-0.25, -0.2) is 0 Å². The molecule has 0 saturated heterocycles. The third kappa shape index (κ3) is 4.05. The predicted molar refractivity (Wildman–Crippen MR) is 65.3 cm³/mol. The van der Waals surface area contributed by atoms with Gasteiger partial charge >= 0.3 is 5.97 Å². The van der Waals surface area contributed by atoms with Gasteiger partial charge in [-0.2, -0.15) is 0 Å². The van der Waals surface area contributed by atoms with Crippen molar-refractivity contribution in [1.82, 2.24) is 0 Å². The molecule has 1 rings (SSSR count). The van der Waals surface area contributed by atoms with Gasteiger partial charge in [-0.15, -0.1) is 0 Å². The van der Waals surface area contributed by atoms with E-state index in [9.17, 15) is 4.79 Å². The fourth-order valence-corrected chi connectivity index (χ4v) is 1.23. The zero-order valence-corrected chi connectivity index (χ0v) is 10.5. The van der Waals surface area contributed by atoms with Crippen molar-refractivity contribution in [2.24, 2.45) is 5.41 Å². The number of hydrogen-bond acceptors (Lipinski definition) is 2. The van der Waals surface area contributed by atoms with Crippen LogP contribution in [-0.4, -0.2) is 12.6 Å². The predicted octanol–water partition coefficient (Wildman–Crippen LogP) is 3.13. The van der Waals surface area contributed by atoms with Gasteiger partial charge in [0.1, 0.15) is 0 Å². The lowest BCUT2D eigenvalue weighted by Crippen LogP contribution is -2.23. The van der Waals surface area contributed by atoms with Crippen molar-refractivity contribution in [2.75, 3.05) is 6.61 Å². The first kappa shape index (κ1) is 12.8. The molecule has 0 saturated carbocycles. The van der Waals surface area contributed by atoms with Gasteiger partial charge in [0, 0.05) is 6.42 Å². The molecule has 0 aliphatic rings. The lowest BCUT2D eigenvalue weighted by atomic mass is 9.97. The van der Waals surface area contributed by atoms with Crippen molar-refractivity contribution in [3.05, 3.63) is 35.4 Å². The fourth-order valence-electron chi connectivity index (χ4n) is 1.23. The second-order valence-corrected chi connectivity index (χ2v) is 5.12. The molecular formula is C14H20O2. The van der Waals surface area contributed by atoms with Crippen LogP contribution in [0.15, 0.2) is 24.3 Å². The van der Waals surface area contributed by atoms with Gasteiger partial charge in [-0.3, -0.25) is 4.79 Å². The molecule has 1 aromatic rings. The monoisotopic (exact) mass is 220 g/mol. The van der Waals surface area contributed by atoms with Crippen LogP contribution in [0.4, 0.5) is 0 Å². The molecule has 0 radical (unpaired) electrons. The molecule has 0 unspecified atom stereocenters. The maximum absolute atomic E-state index is 11.5. The summed E-state index contributed by atoms with van der Waals surface area (Å²) in [5, 5.41) is 0. The summed E-state index contributed by atoms with van der Waals surface area (Å²) in [7, 11) is 0. The molecule has 0 fully saturated rings. The number of carbonyl (C=O) groups is 1. The maximum Gasteiger partial charge on any atom is 0.311 e. The summed E-state index contributed by atoms with van der Waals surface area (Å²) < 4.78 is 5.20. The Balaban J connectivity index is 2.36. The largest absolute Gasteiger partial charge is 0.465 e. The molecular weight excluding hydrogens is 200 g/mol. The first-order valence-electron chi connectivity index (χ1n) is 5.62. The smallest absolute Gasteiger partial charge is 0.311 e. The lowest BCUT2D eigenvalue weighted by molar-refractivity contribution is -0.152. The number of rotatable bonds is 3. The Bertz CT molecular complexity index is 344. The zero-order chi connectivity index (χ0) is 12.2. The summed E-state index contributed by atoms with van der Waals surface area (Å²) in [6.07, 6.45) is 0.780. The molecule has 0 bridgehead atoms. The van der Waals surface area contributed by atoms with E-state index in [-0.39, 0.29) is 5.97 Å². The maximum atomic E-state index is 11.5. The molecule has 2 heteroatoms. The van der Waals surface area contributed by atoms with Crippen molar-refractivity contribution >= 4 is 5.97 Å². The Morgan fingerprint density at radius 3 is 2.25 bits per heavy atom. The number of ether oxygens (including phenoxy) is 1. The molecule has 16 heavy (non-hydrogen) atoms. The standard InChI is InChI=1S/C14H20O2/c1-11-5-7-12(8-6-11)9-10-16-13(15)14(2,3)4/h5-8H,9-10H2,1-4H3. The summed E-state index contributed by atoms with van der Waals surface area (Å²) in [6.45, 7) is 8.10. The third-order valence-electron chi connectivity index (χ3n) is 2.36. The SMILES string of the molecule is Cc1ccc(CCOC(=O)C(C)(C)C)cc1. The van der Waals surface area contributed by atoms with Gasteiger partial charge < -0.3 is 4.74 Å². The minimum Gasteiger partial charge on any atom is -0.465 e. The van der Waals surface area contributed by atoms with Gasteiger partial charge in [0.15, 0.2) is 0 Å². The zero-order valence-electron chi connectivity index (χ0n) is 10.5. The lowest BCUT2D eigenvalue weighted by Gasteiger charge is -2.16. The van der Waals surface area contributed by atoms with Crippen LogP contribution in [0.3, 0.4) is 0 Å². The molecule has 0 aliphatic carbocycles. The highest BCUT2D eigenvalue weighted by Crippen LogP contribution is 2.15.